The molecule has 1 atom stereocenters. The summed E-state index contributed by atoms with van der Waals surface area (Å²) in [4.78, 5) is 15.3. The molecule has 0 bridgehead atoms. The maximum absolute atomic E-state index is 10.4. The molecule has 5 heteroatoms. The van der Waals surface area contributed by atoms with Gasteiger partial charge in [0.2, 0.25) is 0 Å². The molecule has 0 amide bonds. The zero-order chi connectivity index (χ0) is 13.0. The van der Waals surface area contributed by atoms with Crippen LogP contribution in [-0.2, 0) is 11.3 Å². The molecule has 1 N–H and O–H groups in total. The van der Waals surface area contributed by atoms with Gasteiger partial charge >= 0.3 is 5.97 Å². The molecule has 3 nitrogen and oxygen atoms in total. The Morgan fingerprint density at radius 2 is 2.44 bits per heavy atom. The van der Waals surface area contributed by atoms with E-state index in [2.05, 4.69) is 17.9 Å². The topological polar surface area (TPSA) is 40.5 Å². The zero-order valence-electron chi connectivity index (χ0n) is 10.3. The number of carboxylic acids is 1. The molecule has 0 aromatic carbocycles. The van der Waals surface area contributed by atoms with E-state index in [1.165, 1.54) is 22.5 Å². The molecule has 1 fully saturated rings. The van der Waals surface area contributed by atoms with Crippen LogP contribution in [0.5, 0.6) is 0 Å². The number of hydrogen-bond acceptors (Lipinski definition) is 4. The second-order valence-corrected chi connectivity index (χ2v) is 6.72. The van der Waals surface area contributed by atoms with Crippen molar-refractivity contribution in [1.29, 1.82) is 0 Å². The Bertz CT molecular complexity index is 442. The van der Waals surface area contributed by atoms with Crippen LogP contribution >= 0.6 is 23.1 Å². The summed E-state index contributed by atoms with van der Waals surface area (Å²) in [6, 6.07) is 4.72. The lowest BCUT2D eigenvalue weighted by Gasteiger charge is -2.32. The van der Waals surface area contributed by atoms with Crippen LogP contribution < -0.4 is 0 Å². The van der Waals surface area contributed by atoms with Crippen molar-refractivity contribution in [3.63, 3.8) is 0 Å². The minimum Gasteiger partial charge on any atom is -0.478 e. The van der Waals surface area contributed by atoms with Crippen LogP contribution in [0.3, 0.4) is 0 Å². The molecule has 1 unspecified atom stereocenters. The van der Waals surface area contributed by atoms with Gasteiger partial charge in [0, 0.05) is 46.5 Å². The van der Waals surface area contributed by atoms with Crippen molar-refractivity contribution in [2.24, 2.45) is 0 Å². The van der Waals surface area contributed by atoms with Gasteiger partial charge in [-0.05, 0) is 25.1 Å². The van der Waals surface area contributed by atoms with Crippen molar-refractivity contribution in [2.45, 2.75) is 19.5 Å². The molecule has 0 radical (unpaired) electrons. The smallest absolute Gasteiger partial charge is 0.328 e. The fraction of sp³-hybridized carbons (Fsp3) is 0.462. The van der Waals surface area contributed by atoms with E-state index >= 15 is 0 Å². The predicted molar refractivity (Wildman–Crippen MR) is 78.2 cm³/mol. The quantitative estimate of drug-likeness (QED) is 0.863. The Kier molecular flexibility index (Phi) is 4.86. The lowest BCUT2D eigenvalue weighted by Crippen LogP contribution is -2.39. The van der Waals surface area contributed by atoms with Crippen LogP contribution in [0.15, 0.2) is 18.2 Å². The van der Waals surface area contributed by atoms with Gasteiger partial charge in [-0.3, -0.25) is 4.90 Å². The Balaban J connectivity index is 1.95. The third-order valence-corrected chi connectivity index (χ3v) is 5.16. The maximum atomic E-state index is 10.4. The fourth-order valence-corrected chi connectivity index (χ4v) is 3.94. The van der Waals surface area contributed by atoms with E-state index in [-0.39, 0.29) is 0 Å². The SMILES string of the molecule is CC1CSCCN1Cc1ccc(C=CC(=O)O)s1. The predicted octanol–water partition coefficient (Wildman–Crippen LogP) is 2.78. The van der Waals surface area contributed by atoms with Crippen molar-refractivity contribution in [3.05, 3.63) is 28.0 Å². The van der Waals surface area contributed by atoms with E-state index in [9.17, 15) is 4.79 Å². The average molecular weight is 283 g/mol. The summed E-state index contributed by atoms with van der Waals surface area (Å²) >= 11 is 3.69. The molecule has 2 rings (SSSR count). The largest absolute Gasteiger partial charge is 0.478 e. The van der Waals surface area contributed by atoms with E-state index in [1.54, 1.807) is 17.4 Å². The summed E-state index contributed by atoms with van der Waals surface area (Å²) < 4.78 is 0. The van der Waals surface area contributed by atoms with Gasteiger partial charge in [-0.25, -0.2) is 4.79 Å². The van der Waals surface area contributed by atoms with Gasteiger partial charge in [-0.2, -0.15) is 11.8 Å². The molecule has 1 aromatic heterocycles. The highest BCUT2D eigenvalue weighted by atomic mass is 32.2. The van der Waals surface area contributed by atoms with Crippen LogP contribution in [-0.4, -0.2) is 40.1 Å². The van der Waals surface area contributed by atoms with Gasteiger partial charge in [0.05, 0.1) is 0 Å². The number of aliphatic carboxylic acids is 1. The van der Waals surface area contributed by atoms with Crippen molar-refractivity contribution in [1.82, 2.24) is 4.90 Å². The van der Waals surface area contributed by atoms with Crippen LogP contribution in [0.25, 0.3) is 6.08 Å². The molecular formula is C13H17NO2S2. The maximum Gasteiger partial charge on any atom is 0.328 e. The monoisotopic (exact) mass is 283 g/mol. The highest BCUT2D eigenvalue weighted by molar-refractivity contribution is 7.99. The Morgan fingerprint density at radius 1 is 1.61 bits per heavy atom. The number of carboxylic acid groups (broad SMARTS) is 1. The van der Waals surface area contributed by atoms with Crippen molar-refractivity contribution in [3.8, 4) is 0 Å². The van der Waals surface area contributed by atoms with Gasteiger partial charge in [0.25, 0.3) is 0 Å². The third-order valence-electron chi connectivity index (χ3n) is 2.94. The minimum atomic E-state index is -0.897. The lowest BCUT2D eigenvalue weighted by atomic mass is 10.3. The van der Waals surface area contributed by atoms with Crippen LogP contribution in [0, 0.1) is 0 Å². The summed E-state index contributed by atoms with van der Waals surface area (Å²) in [7, 11) is 0. The van der Waals surface area contributed by atoms with Gasteiger partial charge < -0.3 is 5.11 Å². The second-order valence-electron chi connectivity index (χ2n) is 4.37. The third kappa shape index (κ3) is 3.86. The van der Waals surface area contributed by atoms with Crippen LogP contribution in [0.2, 0.25) is 0 Å². The number of thioether (sulfide) groups is 1. The number of hydrogen-bond donors (Lipinski definition) is 1. The molecule has 98 valence electrons. The van der Waals surface area contributed by atoms with Gasteiger partial charge in [0.1, 0.15) is 0 Å². The molecule has 1 aliphatic rings. The Labute approximate surface area is 115 Å². The standard InChI is InChI=1S/C13H17NO2S2/c1-10-9-17-7-6-14(10)8-12-3-2-11(18-12)4-5-13(15)16/h2-5,10H,6-9H2,1H3,(H,15,16). The summed E-state index contributed by atoms with van der Waals surface area (Å²) in [6.07, 6.45) is 2.85. The molecule has 1 aliphatic heterocycles. The zero-order valence-corrected chi connectivity index (χ0v) is 12.0. The van der Waals surface area contributed by atoms with Gasteiger partial charge in [-0.1, -0.05) is 0 Å². The summed E-state index contributed by atoms with van der Waals surface area (Å²) in [5, 5.41) is 8.58. The van der Waals surface area contributed by atoms with E-state index < -0.39 is 5.97 Å². The van der Waals surface area contributed by atoms with E-state index in [1.807, 2.05) is 17.8 Å². The Morgan fingerprint density at radius 3 is 3.17 bits per heavy atom. The lowest BCUT2D eigenvalue weighted by molar-refractivity contribution is -0.131. The van der Waals surface area contributed by atoms with E-state index in [0.717, 1.165) is 18.0 Å². The molecular weight excluding hydrogens is 266 g/mol. The first-order valence-corrected chi connectivity index (χ1v) is 7.94. The number of carbonyl (C=O) groups is 1. The first kappa shape index (κ1) is 13.6. The highest BCUT2D eigenvalue weighted by Crippen LogP contribution is 2.23. The first-order valence-electron chi connectivity index (χ1n) is 5.96. The summed E-state index contributed by atoms with van der Waals surface area (Å²) in [5.41, 5.74) is 0. The minimum absolute atomic E-state index is 0.629. The second kappa shape index (κ2) is 6.41. The fourth-order valence-electron chi connectivity index (χ4n) is 1.92. The normalized spacial score (nSPS) is 21.5. The van der Waals surface area contributed by atoms with E-state index in [4.69, 9.17) is 5.11 Å². The molecule has 2 heterocycles. The number of rotatable bonds is 4. The Hall–Kier alpha value is -0.780. The van der Waals surface area contributed by atoms with E-state index in [0.29, 0.717) is 6.04 Å². The number of nitrogens with zero attached hydrogens (tertiary/aromatic N) is 1. The summed E-state index contributed by atoms with van der Waals surface area (Å²) in [6.45, 7) is 4.39. The average Bonchev–Trinajstić information content (AvgIpc) is 2.77. The summed E-state index contributed by atoms with van der Waals surface area (Å²) in [5.74, 6) is 1.52. The van der Waals surface area contributed by atoms with Crippen LogP contribution in [0.4, 0.5) is 0 Å². The molecule has 1 aromatic rings. The van der Waals surface area contributed by atoms with Crippen molar-refractivity contribution >= 4 is 35.1 Å². The van der Waals surface area contributed by atoms with Crippen molar-refractivity contribution < 1.29 is 9.90 Å². The van der Waals surface area contributed by atoms with Crippen LogP contribution in [0.1, 0.15) is 16.7 Å². The molecule has 0 spiro atoms. The molecule has 1 saturated heterocycles. The van der Waals surface area contributed by atoms with Gasteiger partial charge in [0.15, 0.2) is 0 Å². The van der Waals surface area contributed by atoms with Crippen molar-refractivity contribution in [2.75, 3.05) is 18.1 Å². The van der Waals surface area contributed by atoms with Gasteiger partial charge in [-0.15, -0.1) is 11.3 Å². The first-order chi connectivity index (χ1) is 8.65. The number of thiophene rings is 1. The molecule has 18 heavy (non-hydrogen) atoms. The molecule has 0 saturated carbocycles. The highest BCUT2D eigenvalue weighted by Gasteiger charge is 2.18. The molecule has 0 aliphatic carbocycles.